The van der Waals surface area contributed by atoms with Gasteiger partial charge in [-0.3, -0.25) is 9.59 Å². The Bertz CT molecular complexity index is 1100. The number of ether oxygens (including phenoxy) is 1. The Morgan fingerprint density at radius 3 is 2.14 bits per heavy atom. The third-order valence-electron chi connectivity index (χ3n) is 6.23. The minimum absolute atomic E-state index is 0.00316. The molecule has 0 aromatic heterocycles. The van der Waals surface area contributed by atoms with Crippen LogP contribution in [-0.2, 0) is 29.0 Å². The van der Waals surface area contributed by atoms with Gasteiger partial charge in [-0.2, -0.15) is 0 Å². The second kappa shape index (κ2) is 13.7. The lowest BCUT2D eigenvalue weighted by molar-refractivity contribution is -0.143. The normalized spacial score (nSPS) is 12.4. The van der Waals surface area contributed by atoms with Crippen LogP contribution in [0.25, 0.3) is 0 Å². The molecular formula is C30H35ClN2O3. The van der Waals surface area contributed by atoms with Gasteiger partial charge in [0.1, 0.15) is 11.8 Å². The van der Waals surface area contributed by atoms with Crippen LogP contribution < -0.4 is 10.1 Å². The lowest BCUT2D eigenvalue weighted by Crippen LogP contribution is -2.53. The summed E-state index contributed by atoms with van der Waals surface area (Å²) in [7, 11) is 0. The number of rotatable bonds is 12. The van der Waals surface area contributed by atoms with E-state index in [2.05, 4.69) is 12.2 Å². The average Bonchev–Trinajstić information content (AvgIpc) is 2.91. The molecule has 0 aliphatic heterocycles. The Kier molecular flexibility index (Phi) is 10.4. The molecule has 6 heteroatoms. The molecule has 0 heterocycles. The molecular weight excluding hydrogens is 472 g/mol. The molecule has 0 unspecified atom stereocenters. The van der Waals surface area contributed by atoms with Crippen LogP contribution in [0.4, 0.5) is 0 Å². The summed E-state index contributed by atoms with van der Waals surface area (Å²) in [5.41, 5.74) is 3.06. The molecule has 0 spiro atoms. The number of aryl methyl sites for hydroxylation is 1. The van der Waals surface area contributed by atoms with Gasteiger partial charge in [0.2, 0.25) is 5.91 Å². The zero-order valence-electron chi connectivity index (χ0n) is 21.2. The summed E-state index contributed by atoms with van der Waals surface area (Å²) in [6.07, 6.45) is 2.12. The second-order valence-corrected chi connectivity index (χ2v) is 9.39. The topological polar surface area (TPSA) is 58.6 Å². The highest BCUT2D eigenvalue weighted by Gasteiger charge is 2.31. The molecule has 0 fully saturated rings. The summed E-state index contributed by atoms with van der Waals surface area (Å²) in [4.78, 5) is 28.7. The predicted octanol–water partition coefficient (Wildman–Crippen LogP) is 5.84. The Morgan fingerprint density at radius 2 is 1.53 bits per heavy atom. The molecule has 0 bridgehead atoms. The van der Waals surface area contributed by atoms with Gasteiger partial charge in [0, 0.05) is 24.0 Å². The smallest absolute Gasteiger partial charge is 0.261 e. The van der Waals surface area contributed by atoms with Crippen molar-refractivity contribution in [3.05, 3.63) is 101 Å². The largest absolute Gasteiger partial charge is 0.484 e. The van der Waals surface area contributed by atoms with Crippen LogP contribution in [0.2, 0.25) is 5.02 Å². The summed E-state index contributed by atoms with van der Waals surface area (Å²) in [6, 6.07) is 24.1. The Morgan fingerprint density at radius 1 is 0.889 bits per heavy atom. The second-order valence-electron chi connectivity index (χ2n) is 8.96. The number of hydrogen-bond donors (Lipinski definition) is 1. The fourth-order valence-electron chi connectivity index (χ4n) is 3.83. The van der Waals surface area contributed by atoms with E-state index < -0.39 is 6.04 Å². The molecule has 0 saturated carbocycles. The van der Waals surface area contributed by atoms with Crippen molar-refractivity contribution in [2.45, 2.75) is 58.7 Å². The van der Waals surface area contributed by atoms with Gasteiger partial charge in [0.15, 0.2) is 6.61 Å². The maximum absolute atomic E-state index is 13.6. The monoisotopic (exact) mass is 506 g/mol. The number of amides is 2. The number of carbonyl (C=O) groups excluding carboxylic acids is 2. The number of benzene rings is 3. The van der Waals surface area contributed by atoms with Gasteiger partial charge in [-0.05, 0) is 60.7 Å². The highest BCUT2D eigenvalue weighted by Crippen LogP contribution is 2.18. The highest BCUT2D eigenvalue weighted by atomic mass is 35.5. The zero-order valence-corrected chi connectivity index (χ0v) is 22.0. The van der Waals surface area contributed by atoms with Crippen LogP contribution >= 0.6 is 11.6 Å². The van der Waals surface area contributed by atoms with Crippen molar-refractivity contribution in [3.63, 3.8) is 0 Å². The van der Waals surface area contributed by atoms with E-state index in [0.717, 1.165) is 24.0 Å². The molecule has 0 radical (unpaired) electrons. The Labute approximate surface area is 219 Å². The van der Waals surface area contributed by atoms with Gasteiger partial charge in [0.25, 0.3) is 5.91 Å². The Hall–Kier alpha value is -3.31. The van der Waals surface area contributed by atoms with Crippen molar-refractivity contribution in [2.75, 3.05) is 6.61 Å². The first-order valence-corrected chi connectivity index (χ1v) is 12.9. The first-order valence-electron chi connectivity index (χ1n) is 12.5. The van der Waals surface area contributed by atoms with Gasteiger partial charge < -0.3 is 15.0 Å². The van der Waals surface area contributed by atoms with E-state index in [1.54, 1.807) is 17.0 Å². The molecule has 0 aliphatic rings. The highest BCUT2D eigenvalue weighted by molar-refractivity contribution is 6.30. The minimum Gasteiger partial charge on any atom is -0.484 e. The quantitative estimate of drug-likeness (QED) is 0.336. The van der Waals surface area contributed by atoms with E-state index in [-0.39, 0.29) is 31.0 Å². The lowest BCUT2D eigenvalue weighted by Gasteiger charge is -2.32. The fraction of sp³-hybridized carbons (Fsp3) is 0.333. The van der Waals surface area contributed by atoms with Gasteiger partial charge in [0.05, 0.1) is 0 Å². The maximum atomic E-state index is 13.6. The molecule has 3 aromatic carbocycles. The van der Waals surface area contributed by atoms with E-state index in [0.29, 0.717) is 17.2 Å². The summed E-state index contributed by atoms with van der Waals surface area (Å²) in [5.74, 6) is 0.184. The third kappa shape index (κ3) is 8.13. The van der Waals surface area contributed by atoms with Crippen molar-refractivity contribution in [3.8, 4) is 5.75 Å². The molecule has 36 heavy (non-hydrogen) atoms. The van der Waals surface area contributed by atoms with Crippen molar-refractivity contribution < 1.29 is 14.3 Å². The van der Waals surface area contributed by atoms with Crippen LogP contribution in [0.3, 0.4) is 0 Å². The van der Waals surface area contributed by atoms with Crippen molar-refractivity contribution in [2.24, 2.45) is 0 Å². The van der Waals surface area contributed by atoms with Crippen molar-refractivity contribution >= 4 is 23.4 Å². The first kappa shape index (κ1) is 27.3. The van der Waals surface area contributed by atoms with Crippen LogP contribution in [0.5, 0.6) is 5.75 Å². The molecule has 0 saturated heterocycles. The zero-order chi connectivity index (χ0) is 25.9. The molecule has 0 aliphatic carbocycles. The first-order chi connectivity index (χ1) is 17.4. The van der Waals surface area contributed by atoms with E-state index in [1.165, 1.54) is 5.56 Å². The summed E-state index contributed by atoms with van der Waals surface area (Å²) < 4.78 is 5.84. The van der Waals surface area contributed by atoms with E-state index >= 15 is 0 Å². The molecule has 5 nitrogen and oxygen atoms in total. The average molecular weight is 507 g/mol. The number of nitrogens with one attached hydrogen (secondary N) is 1. The Balaban J connectivity index is 1.88. The van der Waals surface area contributed by atoms with Gasteiger partial charge in [-0.15, -0.1) is 0 Å². The van der Waals surface area contributed by atoms with Crippen LogP contribution in [0.1, 0.15) is 43.9 Å². The SMILES string of the molecule is CCc1ccc(OCC(=O)N(Cc2ccc(Cl)cc2)[C@@H](Cc2ccccc2)C(=O)N[C@H](C)CC)cc1. The number of halogens is 1. The van der Waals surface area contributed by atoms with E-state index in [4.69, 9.17) is 16.3 Å². The van der Waals surface area contributed by atoms with Crippen LogP contribution in [0, 0.1) is 0 Å². The maximum Gasteiger partial charge on any atom is 0.261 e. The van der Waals surface area contributed by atoms with Gasteiger partial charge in [-0.25, -0.2) is 0 Å². The van der Waals surface area contributed by atoms with E-state index in [1.807, 2.05) is 80.6 Å². The molecule has 2 amide bonds. The summed E-state index contributed by atoms with van der Waals surface area (Å²) in [5, 5.41) is 3.69. The van der Waals surface area contributed by atoms with Crippen molar-refractivity contribution in [1.82, 2.24) is 10.2 Å². The third-order valence-corrected chi connectivity index (χ3v) is 6.48. The van der Waals surface area contributed by atoms with Gasteiger partial charge in [-0.1, -0.05) is 80.0 Å². The molecule has 190 valence electrons. The number of hydrogen-bond acceptors (Lipinski definition) is 3. The molecule has 1 N–H and O–H groups in total. The predicted molar refractivity (Wildman–Crippen MR) is 145 cm³/mol. The minimum atomic E-state index is -0.698. The summed E-state index contributed by atoms with van der Waals surface area (Å²) >= 11 is 6.08. The molecule has 3 aromatic rings. The van der Waals surface area contributed by atoms with Crippen LogP contribution in [0.15, 0.2) is 78.9 Å². The van der Waals surface area contributed by atoms with Crippen LogP contribution in [-0.4, -0.2) is 35.4 Å². The number of carbonyl (C=O) groups is 2. The standard InChI is InChI=1S/C30H35ClN2O3/c1-4-22(3)32-30(35)28(19-24-9-7-6-8-10-24)33(20-25-11-15-26(31)16-12-25)29(34)21-36-27-17-13-23(5-2)14-18-27/h6-18,22,28H,4-5,19-21H2,1-3H3,(H,32,35)/t22-,28+/m1/s1. The van der Waals surface area contributed by atoms with E-state index in [9.17, 15) is 9.59 Å². The molecule has 3 rings (SSSR count). The lowest BCUT2D eigenvalue weighted by atomic mass is 10.0. The summed E-state index contributed by atoms with van der Waals surface area (Å²) in [6.45, 7) is 6.17. The van der Waals surface area contributed by atoms with Gasteiger partial charge >= 0.3 is 0 Å². The van der Waals surface area contributed by atoms with Crippen molar-refractivity contribution in [1.29, 1.82) is 0 Å². The fourth-order valence-corrected chi connectivity index (χ4v) is 3.96. The number of nitrogens with zero attached hydrogens (tertiary/aromatic N) is 1. The molecule has 2 atom stereocenters.